The van der Waals surface area contributed by atoms with Crippen molar-refractivity contribution in [3.05, 3.63) is 49.1 Å². The zero-order chi connectivity index (χ0) is 11.8. The summed E-state index contributed by atoms with van der Waals surface area (Å²) >= 11 is 0. The first-order valence-corrected chi connectivity index (χ1v) is 5.11. The Balaban J connectivity index is 2.98. The summed E-state index contributed by atoms with van der Waals surface area (Å²) in [5, 5.41) is 6.32. The molecule has 0 amide bonds. The van der Waals surface area contributed by atoms with E-state index in [0.29, 0.717) is 18.7 Å². The average Bonchev–Trinajstić information content (AvgIpc) is 2.33. The molecule has 0 aliphatic carbocycles. The molecule has 0 bridgehead atoms. The monoisotopic (exact) mass is 216 g/mol. The van der Waals surface area contributed by atoms with Crippen LogP contribution in [0.5, 0.6) is 0 Å². The van der Waals surface area contributed by atoms with Crippen LogP contribution < -0.4 is 10.6 Å². The summed E-state index contributed by atoms with van der Waals surface area (Å²) in [6, 6.07) is 5.54. The summed E-state index contributed by atoms with van der Waals surface area (Å²) in [5.74, 6) is 0. The van der Waals surface area contributed by atoms with Crippen molar-refractivity contribution < 1.29 is 4.79 Å². The van der Waals surface area contributed by atoms with E-state index in [2.05, 4.69) is 23.8 Å². The summed E-state index contributed by atoms with van der Waals surface area (Å²) in [4.78, 5) is 10.9. The van der Waals surface area contributed by atoms with Gasteiger partial charge in [0.05, 0.1) is 11.4 Å². The van der Waals surface area contributed by atoms with E-state index in [1.54, 1.807) is 18.2 Å². The topological polar surface area (TPSA) is 41.1 Å². The number of hydrogen-bond donors (Lipinski definition) is 2. The van der Waals surface area contributed by atoms with Gasteiger partial charge in [-0.1, -0.05) is 18.2 Å². The quantitative estimate of drug-likeness (QED) is 0.544. The molecule has 1 aromatic rings. The molecule has 0 saturated heterocycles. The highest BCUT2D eigenvalue weighted by atomic mass is 16.1. The zero-order valence-electron chi connectivity index (χ0n) is 9.20. The predicted octanol–water partition coefficient (Wildman–Crippen LogP) is 2.69. The van der Waals surface area contributed by atoms with Crippen LogP contribution in [0.1, 0.15) is 10.4 Å². The Hall–Kier alpha value is -2.03. The molecule has 1 aromatic carbocycles. The largest absolute Gasteiger partial charge is 0.380 e. The molecular formula is C13H16N2O. The van der Waals surface area contributed by atoms with Gasteiger partial charge in [-0.15, -0.1) is 13.2 Å². The van der Waals surface area contributed by atoms with E-state index < -0.39 is 0 Å². The maximum absolute atomic E-state index is 10.9. The van der Waals surface area contributed by atoms with Crippen molar-refractivity contribution in [2.45, 2.75) is 0 Å². The lowest BCUT2D eigenvalue weighted by Gasteiger charge is -2.13. The van der Waals surface area contributed by atoms with Crippen LogP contribution >= 0.6 is 0 Å². The highest BCUT2D eigenvalue weighted by Gasteiger charge is 2.05. The van der Waals surface area contributed by atoms with Crippen LogP contribution in [-0.2, 0) is 0 Å². The van der Waals surface area contributed by atoms with Crippen molar-refractivity contribution in [2.75, 3.05) is 23.7 Å². The van der Waals surface area contributed by atoms with Gasteiger partial charge in [0.15, 0.2) is 6.29 Å². The van der Waals surface area contributed by atoms with Crippen molar-refractivity contribution in [1.82, 2.24) is 0 Å². The lowest BCUT2D eigenvalue weighted by molar-refractivity contribution is 0.112. The van der Waals surface area contributed by atoms with E-state index >= 15 is 0 Å². The molecule has 0 spiro atoms. The van der Waals surface area contributed by atoms with Crippen LogP contribution in [0.3, 0.4) is 0 Å². The summed E-state index contributed by atoms with van der Waals surface area (Å²) in [5.41, 5.74) is 2.33. The highest BCUT2D eigenvalue weighted by molar-refractivity contribution is 5.90. The molecule has 0 saturated carbocycles. The molecule has 0 radical (unpaired) electrons. The van der Waals surface area contributed by atoms with Gasteiger partial charge in [-0.25, -0.2) is 0 Å². The smallest absolute Gasteiger partial charge is 0.152 e. The molecule has 0 aliphatic heterocycles. The molecule has 0 unspecified atom stereocenters. The lowest BCUT2D eigenvalue weighted by Crippen LogP contribution is -2.07. The minimum absolute atomic E-state index is 0.619. The fraction of sp³-hybridized carbons (Fsp3) is 0.154. The second-order valence-corrected chi connectivity index (χ2v) is 3.23. The SMILES string of the molecule is C=CCNc1cccc(C=O)c1NCC=C. The number of anilines is 2. The summed E-state index contributed by atoms with van der Waals surface area (Å²) in [6.07, 6.45) is 4.36. The molecule has 0 aliphatic rings. The molecule has 3 nitrogen and oxygen atoms in total. The van der Waals surface area contributed by atoms with Crippen LogP contribution in [0.25, 0.3) is 0 Å². The molecule has 0 atom stereocenters. The minimum Gasteiger partial charge on any atom is -0.380 e. The standard InChI is InChI=1S/C13H16N2O/c1-3-8-14-12-7-5-6-11(10-16)13(12)15-9-4-2/h3-7,10,14-15H,1-2,8-9H2. The number of carbonyl (C=O) groups is 1. The van der Waals surface area contributed by atoms with Crippen molar-refractivity contribution in [1.29, 1.82) is 0 Å². The average molecular weight is 216 g/mol. The molecule has 3 heteroatoms. The molecule has 2 N–H and O–H groups in total. The second-order valence-electron chi connectivity index (χ2n) is 3.23. The maximum Gasteiger partial charge on any atom is 0.152 e. The Bertz CT molecular complexity index is 386. The third kappa shape index (κ3) is 2.98. The van der Waals surface area contributed by atoms with Gasteiger partial charge in [-0.3, -0.25) is 4.79 Å². The van der Waals surface area contributed by atoms with Crippen molar-refractivity contribution in [3.63, 3.8) is 0 Å². The van der Waals surface area contributed by atoms with Crippen molar-refractivity contribution >= 4 is 17.7 Å². The van der Waals surface area contributed by atoms with Crippen LogP contribution in [0.4, 0.5) is 11.4 Å². The normalized spacial score (nSPS) is 9.25. The van der Waals surface area contributed by atoms with Gasteiger partial charge >= 0.3 is 0 Å². The van der Waals surface area contributed by atoms with E-state index in [-0.39, 0.29) is 0 Å². The van der Waals surface area contributed by atoms with Gasteiger partial charge in [-0.2, -0.15) is 0 Å². The van der Waals surface area contributed by atoms with E-state index in [9.17, 15) is 4.79 Å². The third-order valence-corrected chi connectivity index (χ3v) is 2.08. The number of nitrogens with one attached hydrogen (secondary N) is 2. The fourth-order valence-electron chi connectivity index (χ4n) is 1.37. The molecule has 1 rings (SSSR count). The summed E-state index contributed by atoms with van der Waals surface area (Å²) < 4.78 is 0. The van der Waals surface area contributed by atoms with Gasteiger partial charge in [0.1, 0.15) is 0 Å². The first-order valence-electron chi connectivity index (χ1n) is 5.11. The fourth-order valence-corrected chi connectivity index (χ4v) is 1.37. The van der Waals surface area contributed by atoms with Crippen LogP contribution in [0, 0.1) is 0 Å². The van der Waals surface area contributed by atoms with Gasteiger partial charge in [0.25, 0.3) is 0 Å². The molecular weight excluding hydrogens is 200 g/mol. The Morgan fingerprint density at radius 3 is 2.44 bits per heavy atom. The molecule has 0 heterocycles. The zero-order valence-corrected chi connectivity index (χ0v) is 9.20. The Morgan fingerprint density at radius 2 is 1.81 bits per heavy atom. The van der Waals surface area contributed by atoms with Crippen LogP contribution in [-0.4, -0.2) is 19.4 Å². The summed E-state index contributed by atoms with van der Waals surface area (Å²) in [6.45, 7) is 8.55. The van der Waals surface area contributed by atoms with Crippen LogP contribution in [0.15, 0.2) is 43.5 Å². The van der Waals surface area contributed by atoms with Gasteiger partial charge in [0.2, 0.25) is 0 Å². The number of benzene rings is 1. The van der Waals surface area contributed by atoms with E-state index in [4.69, 9.17) is 0 Å². The van der Waals surface area contributed by atoms with Crippen molar-refractivity contribution in [3.8, 4) is 0 Å². The van der Waals surface area contributed by atoms with Crippen molar-refractivity contribution in [2.24, 2.45) is 0 Å². The lowest BCUT2D eigenvalue weighted by atomic mass is 10.1. The second kappa shape index (κ2) is 6.45. The van der Waals surface area contributed by atoms with Gasteiger partial charge < -0.3 is 10.6 Å². The number of para-hydroxylation sites is 1. The van der Waals surface area contributed by atoms with E-state index in [0.717, 1.165) is 17.7 Å². The molecule has 0 aromatic heterocycles. The Morgan fingerprint density at radius 1 is 1.12 bits per heavy atom. The Labute approximate surface area is 95.9 Å². The highest BCUT2D eigenvalue weighted by Crippen LogP contribution is 2.24. The number of rotatable bonds is 7. The molecule has 84 valence electrons. The molecule has 16 heavy (non-hydrogen) atoms. The molecule has 0 fully saturated rings. The maximum atomic E-state index is 10.9. The van der Waals surface area contributed by atoms with E-state index in [1.807, 2.05) is 12.1 Å². The number of aldehydes is 1. The minimum atomic E-state index is 0.619. The Kier molecular flexibility index (Phi) is 4.86. The summed E-state index contributed by atoms with van der Waals surface area (Å²) in [7, 11) is 0. The van der Waals surface area contributed by atoms with Crippen LogP contribution in [0.2, 0.25) is 0 Å². The van der Waals surface area contributed by atoms with Gasteiger partial charge in [-0.05, 0) is 12.1 Å². The third-order valence-electron chi connectivity index (χ3n) is 2.08. The van der Waals surface area contributed by atoms with E-state index in [1.165, 1.54) is 0 Å². The number of carbonyl (C=O) groups excluding carboxylic acids is 1. The first kappa shape index (κ1) is 12.0. The first-order chi connectivity index (χ1) is 7.83. The predicted molar refractivity (Wildman–Crippen MR) is 69.2 cm³/mol. The number of hydrogen-bond acceptors (Lipinski definition) is 3. The van der Waals surface area contributed by atoms with Gasteiger partial charge in [0, 0.05) is 18.7 Å².